The summed E-state index contributed by atoms with van der Waals surface area (Å²) >= 11 is 1.41. The zero-order valence-electron chi connectivity index (χ0n) is 15.9. The van der Waals surface area contributed by atoms with Crippen LogP contribution in [0.4, 0.5) is 0 Å². The van der Waals surface area contributed by atoms with E-state index >= 15 is 0 Å². The average molecular weight is 373 g/mol. The van der Waals surface area contributed by atoms with Crippen molar-refractivity contribution >= 4 is 17.7 Å². The van der Waals surface area contributed by atoms with Gasteiger partial charge in [0.25, 0.3) is 0 Å². The van der Waals surface area contributed by atoms with E-state index in [4.69, 9.17) is 0 Å². The molecule has 1 aromatic heterocycles. The van der Waals surface area contributed by atoms with Gasteiger partial charge < -0.3 is 4.90 Å². The Labute approximate surface area is 160 Å². The predicted molar refractivity (Wildman–Crippen MR) is 105 cm³/mol. The Balaban J connectivity index is 1.47. The van der Waals surface area contributed by atoms with Crippen molar-refractivity contribution in [1.82, 2.24) is 20.1 Å². The third kappa shape index (κ3) is 5.10. The molecular formula is C20H28N4OS. The van der Waals surface area contributed by atoms with Gasteiger partial charge in [0.15, 0.2) is 0 Å². The van der Waals surface area contributed by atoms with Crippen LogP contribution in [0.2, 0.25) is 0 Å². The van der Waals surface area contributed by atoms with Crippen LogP contribution in [0.3, 0.4) is 0 Å². The molecule has 0 atom stereocenters. The third-order valence-electron chi connectivity index (χ3n) is 5.12. The number of hydrogen-bond donors (Lipinski definition) is 1. The molecular weight excluding hydrogens is 344 g/mol. The fourth-order valence-corrected chi connectivity index (χ4v) is 4.28. The molecule has 0 unspecified atom stereocenters. The lowest BCUT2D eigenvalue weighted by molar-refractivity contribution is -0.127. The Morgan fingerprint density at radius 2 is 2.08 bits per heavy atom. The molecule has 0 bridgehead atoms. The molecule has 2 aromatic rings. The fourth-order valence-electron chi connectivity index (χ4n) is 3.52. The summed E-state index contributed by atoms with van der Waals surface area (Å²) in [4.78, 5) is 18.7. The van der Waals surface area contributed by atoms with E-state index < -0.39 is 0 Å². The van der Waals surface area contributed by atoms with Gasteiger partial charge in [-0.25, -0.2) is 4.98 Å². The molecule has 0 saturated heterocycles. The zero-order chi connectivity index (χ0) is 18.5. The largest absolute Gasteiger partial charge is 0.341 e. The lowest BCUT2D eigenvalue weighted by Crippen LogP contribution is -2.28. The molecule has 0 spiro atoms. The van der Waals surface area contributed by atoms with E-state index in [0.717, 1.165) is 18.2 Å². The van der Waals surface area contributed by atoms with Gasteiger partial charge in [0.1, 0.15) is 5.82 Å². The molecule has 5 nitrogen and oxygen atoms in total. The molecule has 1 fully saturated rings. The summed E-state index contributed by atoms with van der Waals surface area (Å²) in [5.74, 6) is 2.15. The van der Waals surface area contributed by atoms with Crippen molar-refractivity contribution in [3.05, 3.63) is 40.7 Å². The number of aryl methyl sites for hydroxylation is 2. The number of amides is 1. The summed E-state index contributed by atoms with van der Waals surface area (Å²) < 4.78 is 0. The van der Waals surface area contributed by atoms with Gasteiger partial charge in [-0.05, 0) is 30.9 Å². The molecule has 1 aliphatic carbocycles. The smallest absolute Gasteiger partial charge is 0.233 e. The van der Waals surface area contributed by atoms with Crippen LogP contribution in [0, 0.1) is 19.8 Å². The third-order valence-corrected chi connectivity index (χ3v) is 5.96. The Bertz CT molecular complexity index is 752. The topological polar surface area (TPSA) is 61.9 Å². The number of carbonyl (C=O) groups excluding carboxylic acids is 1. The van der Waals surface area contributed by atoms with Crippen LogP contribution >= 0.6 is 11.8 Å². The van der Waals surface area contributed by atoms with Crippen molar-refractivity contribution in [2.24, 2.45) is 5.92 Å². The van der Waals surface area contributed by atoms with E-state index in [9.17, 15) is 4.79 Å². The molecule has 3 rings (SSSR count). The van der Waals surface area contributed by atoms with Crippen LogP contribution in [0.25, 0.3) is 0 Å². The number of nitrogens with zero attached hydrogens (tertiary/aromatic N) is 3. The van der Waals surface area contributed by atoms with Crippen molar-refractivity contribution in [3.63, 3.8) is 0 Å². The van der Waals surface area contributed by atoms with Gasteiger partial charge in [-0.15, -0.1) is 5.10 Å². The van der Waals surface area contributed by atoms with Crippen molar-refractivity contribution in [3.8, 4) is 0 Å². The highest BCUT2D eigenvalue weighted by Crippen LogP contribution is 2.27. The second kappa shape index (κ2) is 8.71. The Kier molecular flexibility index (Phi) is 6.35. The Morgan fingerprint density at radius 3 is 2.81 bits per heavy atom. The second-order valence-corrected chi connectivity index (χ2v) is 8.33. The first-order valence-corrected chi connectivity index (χ1v) is 10.3. The second-order valence-electron chi connectivity index (χ2n) is 7.39. The molecule has 26 heavy (non-hydrogen) atoms. The molecule has 1 saturated carbocycles. The lowest BCUT2D eigenvalue weighted by Gasteiger charge is -2.18. The van der Waals surface area contributed by atoms with E-state index in [-0.39, 0.29) is 5.91 Å². The number of carbonyl (C=O) groups is 1. The summed E-state index contributed by atoms with van der Waals surface area (Å²) in [5, 5.41) is 7.96. The van der Waals surface area contributed by atoms with Gasteiger partial charge in [-0.2, -0.15) is 0 Å². The molecule has 1 N–H and O–H groups in total. The molecule has 0 aliphatic heterocycles. The van der Waals surface area contributed by atoms with Gasteiger partial charge in [-0.3, -0.25) is 9.89 Å². The summed E-state index contributed by atoms with van der Waals surface area (Å²) in [5.41, 5.74) is 3.66. The molecule has 140 valence electrons. The average Bonchev–Trinajstić information content (AvgIpc) is 3.27. The molecule has 1 aliphatic rings. The summed E-state index contributed by atoms with van der Waals surface area (Å²) in [7, 11) is 1.85. The standard InChI is InChI=1S/C20H28N4OS/c1-14-8-9-17(15(2)10-14)12-24(3)19(25)13-26-20-21-18(22-23-20)11-16-6-4-5-7-16/h8-10,16H,4-7,11-13H2,1-3H3,(H,21,22,23). The van der Waals surface area contributed by atoms with Gasteiger partial charge in [0.05, 0.1) is 5.75 Å². The van der Waals surface area contributed by atoms with Crippen molar-refractivity contribution < 1.29 is 4.79 Å². The van der Waals surface area contributed by atoms with Gasteiger partial charge >= 0.3 is 0 Å². The highest BCUT2D eigenvalue weighted by Gasteiger charge is 2.18. The SMILES string of the molecule is Cc1ccc(CN(C)C(=O)CSc2n[nH]c(CC3CCCC3)n2)c(C)c1. The van der Waals surface area contributed by atoms with Crippen molar-refractivity contribution in [2.45, 2.75) is 57.7 Å². The first kappa shape index (κ1) is 19.0. The van der Waals surface area contributed by atoms with E-state index in [2.05, 4.69) is 47.2 Å². The number of nitrogens with one attached hydrogen (secondary N) is 1. The number of rotatable bonds is 7. The lowest BCUT2D eigenvalue weighted by atomic mass is 10.0. The van der Waals surface area contributed by atoms with Gasteiger partial charge in [0.2, 0.25) is 11.1 Å². The van der Waals surface area contributed by atoms with Crippen molar-refractivity contribution in [1.29, 1.82) is 0 Å². The fraction of sp³-hybridized carbons (Fsp3) is 0.550. The summed E-state index contributed by atoms with van der Waals surface area (Å²) in [6.45, 7) is 4.81. The van der Waals surface area contributed by atoms with Crippen LogP contribution in [0.5, 0.6) is 0 Å². The van der Waals surface area contributed by atoms with Crippen molar-refractivity contribution in [2.75, 3.05) is 12.8 Å². The minimum absolute atomic E-state index is 0.0946. The number of thioether (sulfide) groups is 1. The number of hydrogen-bond acceptors (Lipinski definition) is 4. The van der Waals surface area contributed by atoms with E-state index in [0.29, 0.717) is 17.5 Å². The number of aromatic nitrogens is 3. The predicted octanol–water partition coefficient (Wildman–Crippen LogP) is 3.90. The molecule has 1 amide bonds. The Morgan fingerprint density at radius 1 is 1.31 bits per heavy atom. The zero-order valence-corrected chi connectivity index (χ0v) is 16.7. The number of H-pyrrole nitrogens is 1. The van der Waals surface area contributed by atoms with Crippen LogP contribution in [0.15, 0.2) is 23.4 Å². The maximum Gasteiger partial charge on any atom is 0.233 e. The minimum atomic E-state index is 0.0946. The monoisotopic (exact) mass is 372 g/mol. The van der Waals surface area contributed by atoms with E-state index in [1.54, 1.807) is 4.90 Å². The van der Waals surface area contributed by atoms with Crippen LogP contribution < -0.4 is 0 Å². The van der Waals surface area contributed by atoms with E-state index in [1.807, 2.05) is 7.05 Å². The number of benzene rings is 1. The van der Waals surface area contributed by atoms with Gasteiger partial charge in [0, 0.05) is 20.0 Å². The first-order chi connectivity index (χ1) is 12.5. The maximum absolute atomic E-state index is 12.4. The highest BCUT2D eigenvalue weighted by molar-refractivity contribution is 7.99. The van der Waals surface area contributed by atoms with E-state index in [1.165, 1.54) is 54.1 Å². The normalized spacial score (nSPS) is 14.7. The molecule has 0 radical (unpaired) electrons. The quantitative estimate of drug-likeness (QED) is 0.749. The summed E-state index contributed by atoms with van der Waals surface area (Å²) in [6, 6.07) is 6.35. The maximum atomic E-state index is 12.4. The highest BCUT2D eigenvalue weighted by atomic mass is 32.2. The van der Waals surface area contributed by atoms with Gasteiger partial charge in [-0.1, -0.05) is 61.2 Å². The first-order valence-electron chi connectivity index (χ1n) is 9.35. The summed E-state index contributed by atoms with van der Waals surface area (Å²) in [6.07, 6.45) is 6.24. The molecule has 1 heterocycles. The Hall–Kier alpha value is -1.82. The minimum Gasteiger partial charge on any atom is -0.341 e. The van der Waals surface area contributed by atoms with Crippen LogP contribution in [-0.2, 0) is 17.8 Å². The van der Waals surface area contributed by atoms with Crippen LogP contribution in [0.1, 0.15) is 48.2 Å². The number of aromatic amines is 1. The molecule has 1 aromatic carbocycles. The molecule has 6 heteroatoms. The van der Waals surface area contributed by atoms with Crippen LogP contribution in [-0.4, -0.2) is 38.8 Å².